The summed E-state index contributed by atoms with van der Waals surface area (Å²) in [5.74, 6) is -1.19. The third-order valence-electron chi connectivity index (χ3n) is 3.73. The molecule has 5 heteroatoms. The number of carboxylic acids is 1. The second kappa shape index (κ2) is 5.01. The number of likely N-dealkylation sites (tertiary alicyclic amines) is 1. The highest BCUT2D eigenvalue weighted by molar-refractivity contribution is 5.87. The normalized spacial score (nSPS) is 23.4. The Kier molecular flexibility index (Phi) is 3.57. The van der Waals surface area contributed by atoms with Crippen LogP contribution in [0, 0.1) is 5.41 Å². The summed E-state index contributed by atoms with van der Waals surface area (Å²) in [4.78, 5) is 24.4. The molecule has 1 fully saturated rings. The van der Waals surface area contributed by atoms with E-state index in [2.05, 4.69) is 4.90 Å². The van der Waals surface area contributed by atoms with Gasteiger partial charge in [0.05, 0.1) is 11.0 Å². The largest absolute Gasteiger partial charge is 0.478 e. The van der Waals surface area contributed by atoms with E-state index in [0.29, 0.717) is 13.1 Å². The minimum Gasteiger partial charge on any atom is -0.478 e. The van der Waals surface area contributed by atoms with Crippen LogP contribution in [-0.4, -0.2) is 35.0 Å². The molecule has 0 saturated carbocycles. The molecule has 1 aliphatic heterocycles. The van der Waals surface area contributed by atoms with Gasteiger partial charge in [0.1, 0.15) is 0 Å². The van der Waals surface area contributed by atoms with Crippen molar-refractivity contribution in [3.63, 3.8) is 0 Å². The average Bonchev–Trinajstić information content (AvgIpc) is 2.72. The summed E-state index contributed by atoms with van der Waals surface area (Å²) in [5, 5.41) is 8.95. The Bertz CT molecular complexity index is 515. The molecule has 1 atom stereocenters. The van der Waals surface area contributed by atoms with Crippen LogP contribution in [0.15, 0.2) is 24.3 Å². The molecule has 3 N–H and O–H groups in total. The molecule has 0 aromatic heterocycles. The van der Waals surface area contributed by atoms with Gasteiger partial charge >= 0.3 is 5.97 Å². The number of primary amides is 1. The monoisotopic (exact) mass is 262 g/mol. The molecule has 0 spiro atoms. The lowest BCUT2D eigenvalue weighted by atomic mass is 9.89. The van der Waals surface area contributed by atoms with Crippen molar-refractivity contribution < 1.29 is 14.7 Å². The van der Waals surface area contributed by atoms with E-state index in [9.17, 15) is 9.59 Å². The van der Waals surface area contributed by atoms with Gasteiger partial charge in [0.25, 0.3) is 0 Å². The standard InChI is InChI=1S/C14H18N2O3/c1-14(13(15)19)5-6-16(9-14)8-10-3-2-4-11(7-10)12(17)18/h2-4,7H,5-6,8-9H2,1H3,(H2,15,19)(H,17,18). The van der Waals surface area contributed by atoms with Gasteiger partial charge < -0.3 is 10.8 Å². The number of carbonyl (C=O) groups is 2. The summed E-state index contributed by atoms with van der Waals surface area (Å²) in [6.45, 7) is 3.95. The number of benzene rings is 1. The van der Waals surface area contributed by atoms with Crippen LogP contribution < -0.4 is 5.73 Å². The fourth-order valence-electron chi connectivity index (χ4n) is 2.45. The maximum atomic E-state index is 11.4. The first-order chi connectivity index (χ1) is 8.90. The minimum absolute atomic E-state index is 0.269. The fraction of sp³-hybridized carbons (Fsp3) is 0.429. The number of carboxylic acid groups (broad SMARTS) is 1. The summed E-state index contributed by atoms with van der Waals surface area (Å²) < 4.78 is 0. The van der Waals surface area contributed by atoms with Crippen molar-refractivity contribution in [1.82, 2.24) is 4.90 Å². The molecule has 0 bridgehead atoms. The zero-order chi connectivity index (χ0) is 14.0. The van der Waals surface area contributed by atoms with Crippen molar-refractivity contribution >= 4 is 11.9 Å². The molecule has 1 unspecified atom stereocenters. The van der Waals surface area contributed by atoms with Crippen LogP contribution in [0.5, 0.6) is 0 Å². The van der Waals surface area contributed by atoms with Crippen LogP contribution in [0.4, 0.5) is 0 Å². The number of hydrogen-bond acceptors (Lipinski definition) is 3. The summed E-state index contributed by atoms with van der Waals surface area (Å²) >= 11 is 0. The molecule has 0 aliphatic carbocycles. The van der Waals surface area contributed by atoms with Gasteiger partial charge in [0.15, 0.2) is 0 Å². The predicted molar refractivity (Wildman–Crippen MR) is 70.6 cm³/mol. The maximum absolute atomic E-state index is 11.4. The third-order valence-corrected chi connectivity index (χ3v) is 3.73. The Morgan fingerprint density at radius 1 is 1.47 bits per heavy atom. The van der Waals surface area contributed by atoms with E-state index in [1.807, 2.05) is 13.0 Å². The molecule has 1 amide bonds. The first-order valence-electron chi connectivity index (χ1n) is 6.25. The summed E-state index contributed by atoms with van der Waals surface area (Å²) in [6.07, 6.45) is 0.751. The lowest BCUT2D eigenvalue weighted by molar-refractivity contribution is -0.126. The Labute approximate surface area is 112 Å². The number of nitrogens with two attached hydrogens (primary N) is 1. The Morgan fingerprint density at radius 2 is 2.21 bits per heavy atom. The maximum Gasteiger partial charge on any atom is 0.335 e. The summed E-state index contributed by atoms with van der Waals surface area (Å²) in [7, 11) is 0. The molecular formula is C14H18N2O3. The Morgan fingerprint density at radius 3 is 2.79 bits per heavy atom. The van der Waals surface area contributed by atoms with Crippen LogP contribution in [0.25, 0.3) is 0 Å². The number of aromatic carboxylic acids is 1. The minimum atomic E-state index is -0.926. The SMILES string of the molecule is CC1(C(N)=O)CCN(Cc2cccc(C(=O)O)c2)C1. The van der Waals surface area contributed by atoms with Gasteiger partial charge in [0.2, 0.25) is 5.91 Å². The first-order valence-corrected chi connectivity index (χ1v) is 6.25. The lowest BCUT2D eigenvalue weighted by Crippen LogP contribution is -2.36. The molecule has 1 aromatic carbocycles. The molecule has 19 heavy (non-hydrogen) atoms. The Hall–Kier alpha value is -1.88. The summed E-state index contributed by atoms with van der Waals surface area (Å²) in [5.41, 5.74) is 6.17. The number of nitrogens with zero attached hydrogens (tertiary/aromatic N) is 1. The van der Waals surface area contributed by atoms with Gasteiger partial charge in [-0.25, -0.2) is 4.79 Å². The highest BCUT2D eigenvalue weighted by Gasteiger charge is 2.38. The smallest absolute Gasteiger partial charge is 0.335 e. The van der Waals surface area contributed by atoms with Gasteiger partial charge in [-0.1, -0.05) is 12.1 Å². The van der Waals surface area contributed by atoms with Crippen LogP contribution in [0.3, 0.4) is 0 Å². The number of carbonyl (C=O) groups excluding carboxylic acids is 1. The molecular weight excluding hydrogens is 244 g/mol. The molecule has 1 aliphatic rings. The van der Waals surface area contributed by atoms with Gasteiger partial charge in [-0.3, -0.25) is 9.69 Å². The molecule has 1 aromatic rings. The van der Waals surface area contributed by atoms with E-state index in [1.165, 1.54) is 0 Å². The second-order valence-corrected chi connectivity index (χ2v) is 5.39. The molecule has 1 saturated heterocycles. The summed E-state index contributed by atoms with van der Waals surface area (Å²) in [6, 6.07) is 6.88. The Balaban J connectivity index is 2.05. The molecule has 2 rings (SSSR count). The third kappa shape index (κ3) is 2.93. The fourth-order valence-corrected chi connectivity index (χ4v) is 2.45. The molecule has 102 valence electrons. The van der Waals surface area contributed by atoms with Crippen molar-refractivity contribution in [1.29, 1.82) is 0 Å². The second-order valence-electron chi connectivity index (χ2n) is 5.39. The number of hydrogen-bond donors (Lipinski definition) is 2. The van der Waals surface area contributed by atoms with Gasteiger partial charge in [-0.15, -0.1) is 0 Å². The van der Waals surface area contributed by atoms with E-state index < -0.39 is 11.4 Å². The van der Waals surface area contributed by atoms with Gasteiger partial charge in [-0.05, 0) is 37.6 Å². The molecule has 1 heterocycles. The van der Waals surface area contributed by atoms with E-state index >= 15 is 0 Å². The van der Waals surface area contributed by atoms with Crippen molar-refractivity contribution in [3.8, 4) is 0 Å². The van der Waals surface area contributed by atoms with E-state index in [0.717, 1.165) is 18.5 Å². The van der Waals surface area contributed by atoms with Crippen molar-refractivity contribution in [3.05, 3.63) is 35.4 Å². The predicted octanol–water partition coefficient (Wildman–Crippen LogP) is 1.08. The zero-order valence-corrected chi connectivity index (χ0v) is 10.9. The average molecular weight is 262 g/mol. The van der Waals surface area contributed by atoms with Gasteiger partial charge in [-0.2, -0.15) is 0 Å². The van der Waals surface area contributed by atoms with E-state index in [-0.39, 0.29) is 11.5 Å². The highest BCUT2D eigenvalue weighted by atomic mass is 16.4. The van der Waals surface area contributed by atoms with Crippen molar-refractivity contribution in [2.24, 2.45) is 11.1 Å². The van der Waals surface area contributed by atoms with Gasteiger partial charge in [0, 0.05) is 13.1 Å². The van der Waals surface area contributed by atoms with E-state index in [4.69, 9.17) is 10.8 Å². The molecule has 0 radical (unpaired) electrons. The van der Waals surface area contributed by atoms with Crippen LogP contribution in [-0.2, 0) is 11.3 Å². The zero-order valence-electron chi connectivity index (χ0n) is 10.9. The van der Waals surface area contributed by atoms with Crippen molar-refractivity contribution in [2.45, 2.75) is 19.9 Å². The van der Waals surface area contributed by atoms with Crippen LogP contribution in [0.1, 0.15) is 29.3 Å². The quantitative estimate of drug-likeness (QED) is 0.850. The van der Waals surface area contributed by atoms with Crippen molar-refractivity contribution in [2.75, 3.05) is 13.1 Å². The number of rotatable bonds is 4. The first kappa shape index (κ1) is 13.5. The topological polar surface area (TPSA) is 83.6 Å². The number of amides is 1. The highest BCUT2D eigenvalue weighted by Crippen LogP contribution is 2.30. The molecule has 5 nitrogen and oxygen atoms in total. The van der Waals surface area contributed by atoms with Crippen LogP contribution in [0.2, 0.25) is 0 Å². The van der Waals surface area contributed by atoms with Crippen LogP contribution >= 0.6 is 0 Å². The van der Waals surface area contributed by atoms with E-state index in [1.54, 1.807) is 18.2 Å². The lowest BCUT2D eigenvalue weighted by Gasteiger charge is -2.21.